The molecule has 0 saturated carbocycles. The van der Waals surface area contributed by atoms with Gasteiger partial charge in [-0.05, 0) is 30.5 Å². The third kappa shape index (κ3) is 3.44. The fourth-order valence-electron chi connectivity index (χ4n) is 3.01. The van der Waals surface area contributed by atoms with Crippen LogP contribution in [0.4, 0.5) is 0 Å². The number of amides is 1. The van der Waals surface area contributed by atoms with Gasteiger partial charge in [-0.3, -0.25) is 4.79 Å². The SMILES string of the molecule is CC(C)CN(C(=O)c1ccc2c(c1)OCO2)[C@@H]1CCS(=O)(=O)C1. The Balaban J connectivity index is 1.85. The minimum absolute atomic E-state index is 0.0516. The Bertz CT molecular complexity index is 713. The second kappa shape index (κ2) is 6.03. The van der Waals surface area contributed by atoms with Crippen LogP contribution in [0.5, 0.6) is 11.5 Å². The van der Waals surface area contributed by atoms with E-state index in [1.807, 2.05) is 13.8 Å². The Labute approximate surface area is 136 Å². The number of rotatable bonds is 4. The lowest BCUT2D eigenvalue weighted by Gasteiger charge is -2.30. The van der Waals surface area contributed by atoms with Crippen LogP contribution in [0.2, 0.25) is 0 Å². The first kappa shape index (κ1) is 16.1. The number of sulfone groups is 1. The van der Waals surface area contributed by atoms with Gasteiger partial charge >= 0.3 is 0 Å². The molecule has 2 aliphatic heterocycles. The van der Waals surface area contributed by atoms with Gasteiger partial charge < -0.3 is 14.4 Å². The van der Waals surface area contributed by atoms with E-state index < -0.39 is 9.84 Å². The molecule has 6 nitrogen and oxygen atoms in total. The first-order valence-electron chi connectivity index (χ1n) is 7.77. The summed E-state index contributed by atoms with van der Waals surface area (Å²) in [6.07, 6.45) is 0.505. The largest absolute Gasteiger partial charge is 0.454 e. The van der Waals surface area contributed by atoms with Crippen molar-refractivity contribution in [3.8, 4) is 11.5 Å². The molecular weight excluding hydrogens is 318 g/mol. The monoisotopic (exact) mass is 339 g/mol. The number of fused-ring (bicyclic) bond motifs is 1. The second-order valence-electron chi connectivity index (χ2n) is 6.48. The van der Waals surface area contributed by atoms with Gasteiger partial charge in [0.25, 0.3) is 5.91 Å². The first-order chi connectivity index (χ1) is 10.9. The minimum atomic E-state index is -3.04. The summed E-state index contributed by atoms with van der Waals surface area (Å²) in [4.78, 5) is 14.6. The zero-order valence-corrected chi connectivity index (χ0v) is 14.1. The second-order valence-corrected chi connectivity index (χ2v) is 8.70. The predicted molar refractivity (Wildman–Crippen MR) is 85.5 cm³/mol. The molecule has 1 aromatic rings. The van der Waals surface area contributed by atoms with E-state index in [9.17, 15) is 13.2 Å². The molecule has 0 aromatic heterocycles. The molecule has 2 heterocycles. The van der Waals surface area contributed by atoms with Crippen molar-refractivity contribution in [2.45, 2.75) is 26.3 Å². The van der Waals surface area contributed by atoms with Crippen molar-refractivity contribution in [2.75, 3.05) is 24.8 Å². The van der Waals surface area contributed by atoms with Crippen molar-refractivity contribution in [3.63, 3.8) is 0 Å². The molecule has 0 aliphatic carbocycles. The topological polar surface area (TPSA) is 72.9 Å². The zero-order valence-electron chi connectivity index (χ0n) is 13.3. The Morgan fingerprint density at radius 2 is 2.04 bits per heavy atom. The van der Waals surface area contributed by atoms with Gasteiger partial charge in [-0.25, -0.2) is 8.42 Å². The Morgan fingerprint density at radius 3 is 2.70 bits per heavy atom. The van der Waals surface area contributed by atoms with Crippen molar-refractivity contribution >= 4 is 15.7 Å². The van der Waals surface area contributed by atoms with Gasteiger partial charge in [-0.15, -0.1) is 0 Å². The molecule has 0 N–H and O–H groups in total. The van der Waals surface area contributed by atoms with E-state index in [-0.39, 0.29) is 36.2 Å². The molecule has 126 valence electrons. The van der Waals surface area contributed by atoms with Crippen LogP contribution in [0.15, 0.2) is 18.2 Å². The highest BCUT2D eigenvalue weighted by Gasteiger charge is 2.35. The lowest BCUT2D eigenvalue weighted by atomic mass is 10.1. The van der Waals surface area contributed by atoms with Crippen LogP contribution < -0.4 is 9.47 Å². The Morgan fingerprint density at radius 1 is 1.30 bits per heavy atom. The fraction of sp³-hybridized carbons (Fsp3) is 0.562. The van der Waals surface area contributed by atoms with E-state index in [1.54, 1.807) is 23.1 Å². The highest BCUT2D eigenvalue weighted by atomic mass is 32.2. The molecule has 1 atom stereocenters. The molecule has 0 spiro atoms. The maximum absolute atomic E-state index is 12.9. The van der Waals surface area contributed by atoms with Gasteiger partial charge in [0.15, 0.2) is 21.3 Å². The number of carbonyl (C=O) groups excluding carboxylic acids is 1. The average molecular weight is 339 g/mol. The van der Waals surface area contributed by atoms with Gasteiger partial charge in [0.1, 0.15) is 0 Å². The van der Waals surface area contributed by atoms with E-state index >= 15 is 0 Å². The number of benzene rings is 1. The van der Waals surface area contributed by atoms with E-state index in [0.29, 0.717) is 30.0 Å². The van der Waals surface area contributed by atoms with Crippen LogP contribution in [-0.4, -0.2) is 50.1 Å². The molecule has 1 saturated heterocycles. The van der Waals surface area contributed by atoms with Gasteiger partial charge in [0, 0.05) is 18.2 Å². The minimum Gasteiger partial charge on any atom is -0.454 e. The highest BCUT2D eigenvalue weighted by molar-refractivity contribution is 7.91. The quantitative estimate of drug-likeness (QED) is 0.835. The van der Waals surface area contributed by atoms with Crippen LogP contribution in [0.3, 0.4) is 0 Å². The average Bonchev–Trinajstić information content (AvgIpc) is 3.09. The summed E-state index contributed by atoms with van der Waals surface area (Å²) < 4.78 is 34.1. The van der Waals surface area contributed by atoms with Crippen molar-refractivity contribution < 1.29 is 22.7 Å². The standard InChI is InChI=1S/C16H21NO5S/c1-11(2)8-17(13-5-6-23(19,20)9-13)16(18)12-3-4-14-15(7-12)22-10-21-14/h3-4,7,11,13H,5-6,8-10H2,1-2H3/t13-/m1/s1. The van der Waals surface area contributed by atoms with Crippen LogP contribution in [-0.2, 0) is 9.84 Å². The summed E-state index contributed by atoms with van der Waals surface area (Å²) >= 11 is 0. The molecule has 7 heteroatoms. The van der Waals surface area contributed by atoms with Crippen LogP contribution in [0.25, 0.3) is 0 Å². The molecule has 3 rings (SSSR count). The van der Waals surface area contributed by atoms with E-state index in [1.165, 1.54) is 0 Å². The Kier molecular flexibility index (Phi) is 4.23. The predicted octanol–water partition coefficient (Wildman–Crippen LogP) is 1.70. The summed E-state index contributed by atoms with van der Waals surface area (Å²) in [5.41, 5.74) is 0.499. The lowest BCUT2D eigenvalue weighted by molar-refractivity contribution is 0.0672. The van der Waals surface area contributed by atoms with E-state index in [4.69, 9.17) is 9.47 Å². The first-order valence-corrected chi connectivity index (χ1v) is 9.59. The summed E-state index contributed by atoms with van der Waals surface area (Å²) in [5.74, 6) is 1.49. The zero-order chi connectivity index (χ0) is 16.6. The number of ether oxygens (including phenoxy) is 2. The smallest absolute Gasteiger partial charge is 0.254 e. The van der Waals surface area contributed by atoms with Crippen LogP contribution in [0, 0.1) is 5.92 Å². The number of carbonyl (C=O) groups is 1. The summed E-state index contributed by atoms with van der Waals surface area (Å²) in [5, 5.41) is 0. The summed E-state index contributed by atoms with van der Waals surface area (Å²) in [6.45, 7) is 4.73. The summed E-state index contributed by atoms with van der Waals surface area (Å²) in [6, 6.07) is 4.84. The molecule has 0 radical (unpaired) electrons. The molecular formula is C16H21NO5S. The van der Waals surface area contributed by atoms with Gasteiger partial charge in [0.2, 0.25) is 6.79 Å². The van der Waals surface area contributed by atoms with Gasteiger partial charge in [0.05, 0.1) is 11.5 Å². The Hall–Kier alpha value is -1.76. The molecule has 1 amide bonds. The normalized spacial score (nSPS) is 21.6. The van der Waals surface area contributed by atoms with Crippen molar-refractivity contribution in [3.05, 3.63) is 23.8 Å². The third-order valence-corrected chi connectivity index (χ3v) is 5.84. The van der Waals surface area contributed by atoms with Crippen molar-refractivity contribution in [1.82, 2.24) is 4.90 Å². The number of hydrogen-bond acceptors (Lipinski definition) is 5. The molecule has 23 heavy (non-hydrogen) atoms. The van der Waals surface area contributed by atoms with Gasteiger partial charge in [-0.2, -0.15) is 0 Å². The molecule has 1 aromatic carbocycles. The van der Waals surface area contributed by atoms with Crippen molar-refractivity contribution in [2.24, 2.45) is 5.92 Å². The van der Waals surface area contributed by atoms with Crippen LogP contribution in [0.1, 0.15) is 30.6 Å². The summed E-state index contributed by atoms with van der Waals surface area (Å²) in [7, 11) is -3.04. The van der Waals surface area contributed by atoms with Crippen LogP contribution >= 0.6 is 0 Å². The molecule has 2 aliphatic rings. The molecule has 0 bridgehead atoms. The maximum atomic E-state index is 12.9. The van der Waals surface area contributed by atoms with E-state index in [2.05, 4.69) is 0 Å². The maximum Gasteiger partial charge on any atom is 0.254 e. The highest BCUT2D eigenvalue weighted by Crippen LogP contribution is 2.33. The third-order valence-electron chi connectivity index (χ3n) is 4.09. The number of nitrogens with zero attached hydrogens (tertiary/aromatic N) is 1. The molecule has 0 unspecified atom stereocenters. The van der Waals surface area contributed by atoms with E-state index in [0.717, 1.165) is 0 Å². The molecule has 1 fully saturated rings. The lowest BCUT2D eigenvalue weighted by Crippen LogP contribution is -2.43. The fourth-order valence-corrected chi connectivity index (χ4v) is 4.74. The number of hydrogen-bond donors (Lipinski definition) is 0. The van der Waals surface area contributed by atoms with Gasteiger partial charge in [-0.1, -0.05) is 13.8 Å². The van der Waals surface area contributed by atoms with Crippen molar-refractivity contribution in [1.29, 1.82) is 0 Å².